The van der Waals surface area contributed by atoms with E-state index in [1.165, 1.54) is 5.56 Å². The number of hydrogen-bond donors (Lipinski definition) is 1. The van der Waals surface area contributed by atoms with Crippen LogP contribution in [0, 0.1) is 0 Å². The minimum absolute atomic E-state index is 0.0779. The number of benzene rings is 2. The molecule has 1 atom stereocenters. The molecule has 0 radical (unpaired) electrons. The van der Waals surface area contributed by atoms with E-state index in [2.05, 4.69) is 26.1 Å². The molecule has 0 heterocycles. The molecule has 134 valence electrons. The van der Waals surface area contributed by atoms with E-state index >= 15 is 0 Å². The molecule has 4 heteroatoms. The van der Waals surface area contributed by atoms with Crippen LogP contribution in [0.15, 0.2) is 48.5 Å². The second-order valence-corrected chi connectivity index (χ2v) is 7.19. The van der Waals surface area contributed by atoms with E-state index in [9.17, 15) is 4.79 Å². The van der Waals surface area contributed by atoms with Crippen molar-refractivity contribution in [1.29, 1.82) is 0 Å². The van der Waals surface area contributed by atoms with E-state index in [1.807, 2.05) is 55.5 Å². The van der Waals surface area contributed by atoms with E-state index in [0.717, 1.165) is 11.5 Å². The Kier molecular flexibility index (Phi) is 6.07. The Balaban J connectivity index is 1.86. The van der Waals surface area contributed by atoms with Crippen LogP contribution in [-0.4, -0.2) is 25.7 Å². The third kappa shape index (κ3) is 5.52. The summed E-state index contributed by atoms with van der Waals surface area (Å²) in [6, 6.07) is 15.0. The largest absolute Gasteiger partial charge is 0.497 e. The van der Waals surface area contributed by atoms with Gasteiger partial charge in [-0.1, -0.05) is 32.9 Å². The molecule has 0 saturated heterocycles. The maximum absolute atomic E-state index is 12.3. The van der Waals surface area contributed by atoms with Gasteiger partial charge in [-0.2, -0.15) is 0 Å². The highest BCUT2D eigenvalue weighted by Gasteiger charge is 2.15. The summed E-state index contributed by atoms with van der Waals surface area (Å²) in [5.74, 6) is 1.44. The van der Waals surface area contributed by atoms with E-state index in [-0.39, 0.29) is 17.4 Å². The smallest absolute Gasteiger partial charge is 0.251 e. The van der Waals surface area contributed by atoms with Crippen molar-refractivity contribution < 1.29 is 14.3 Å². The molecule has 0 fully saturated rings. The van der Waals surface area contributed by atoms with Crippen LogP contribution in [0.4, 0.5) is 0 Å². The third-order valence-corrected chi connectivity index (χ3v) is 3.95. The molecule has 0 spiro atoms. The molecule has 1 unspecified atom stereocenters. The zero-order chi connectivity index (χ0) is 18.4. The lowest BCUT2D eigenvalue weighted by Crippen LogP contribution is -2.36. The molecule has 0 aromatic heterocycles. The van der Waals surface area contributed by atoms with Crippen LogP contribution >= 0.6 is 0 Å². The van der Waals surface area contributed by atoms with Gasteiger partial charge in [-0.15, -0.1) is 0 Å². The Morgan fingerprint density at radius 1 is 1.00 bits per heavy atom. The average molecular weight is 341 g/mol. The monoisotopic (exact) mass is 341 g/mol. The van der Waals surface area contributed by atoms with Crippen LogP contribution in [0.2, 0.25) is 0 Å². The van der Waals surface area contributed by atoms with Gasteiger partial charge >= 0.3 is 0 Å². The minimum Gasteiger partial charge on any atom is -0.497 e. The molecule has 0 aliphatic heterocycles. The average Bonchev–Trinajstić information content (AvgIpc) is 2.59. The van der Waals surface area contributed by atoms with Gasteiger partial charge in [-0.05, 0) is 54.3 Å². The summed E-state index contributed by atoms with van der Waals surface area (Å²) < 4.78 is 10.8. The van der Waals surface area contributed by atoms with Gasteiger partial charge < -0.3 is 14.8 Å². The van der Waals surface area contributed by atoms with E-state index in [0.29, 0.717) is 12.2 Å². The molecule has 2 rings (SSSR count). The van der Waals surface area contributed by atoms with Crippen molar-refractivity contribution in [1.82, 2.24) is 5.32 Å². The van der Waals surface area contributed by atoms with Gasteiger partial charge in [-0.25, -0.2) is 0 Å². The molecule has 25 heavy (non-hydrogen) atoms. The molecule has 0 saturated carbocycles. The lowest BCUT2D eigenvalue weighted by atomic mass is 9.86. The van der Waals surface area contributed by atoms with Crippen molar-refractivity contribution in [2.45, 2.75) is 39.2 Å². The summed E-state index contributed by atoms with van der Waals surface area (Å²) in [7, 11) is 1.63. The van der Waals surface area contributed by atoms with Gasteiger partial charge in [0, 0.05) is 5.56 Å². The first-order valence-electron chi connectivity index (χ1n) is 8.48. The number of methoxy groups -OCH3 is 1. The predicted molar refractivity (Wildman–Crippen MR) is 101 cm³/mol. The molecule has 4 nitrogen and oxygen atoms in total. The molecular weight excluding hydrogens is 314 g/mol. The number of rotatable bonds is 6. The number of ether oxygens (including phenoxy) is 2. The molecule has 0 aliphatic carbocycles. The maximum Gasteiger partial charge on any atom is 0.251 e. The normalized spacial score (nSPS) is 12.4. The van der Waals surface area contributed by atoms with Crippen LogP contribution in [0.1, 0.15) is 43.6 Å². The van der Waals surface area contributed by atoms with Gasteiger partial charge in [0.25, 0.3) is 5.91 Å². The number of carbonyl (C=O) groups excluding carboxylic acids is 1. The van der Waals surface area contributed by atoms with Crippen molar-refractivity contribution in [2.24, 2.45) is 0 Å². The molecular formula is C21H27NO3. The Labute approximate surface area is 150 Å². The Hall–Kier alpha value is -2.49. The van der Waals surface area contributed by atoms with Crippen LogP contribution in [0.3, 0.4) is 0 Å². The molecule has 0 bridgehead atoms. The number of amides is 1. The number of nitrogens with one attached hydrogen (secondary N) is 1. The Morgan fingerprint density at radius 2 is 1.56 bits per heavy atom. The van der Waals surface area contributed by atoms with Crippen LogP contribution < -0.4 is 14.8 Å². The maximum atomic E-state index is 12.3. The SMILES string of the molecule is COc1ccc(OCC(C)NC(=O)c2ccc(C(C)(C)C)cc2)cc1. The van der Waals surface area contributed by atoms with E-state index in [4.69, 9.17) is 9.47 Å². The van der Waals surface area contributed by atoms with Gasteiger partial charge in [0.15, 0.2) is 0 Å². The van der Waals surface area contributed by atoms with Crippen molar-refractivity contribution in [3.05, 3.63) is 59.7 Å². The standard InChI is InChI=1S/C21H27NO3/c1-15(14-25-19-12-10-18(24-5)11-13-19)22-20(23)16-6-8-17(9-7-16)21(2,3)4/h6-13,15H,14H2,1-5H3,(H,22,23). The lowest BCUT2D eigenvalue weighted by Gasteiger charge is -2.19. The van der Waals surface area contributed by atoms with Gasteiger partial charge in [-0.3, -0.25) is 4.79 Å². The Morgan fingerprint density at radius 3 is 2.08 bits per heavy atom. The fourth-order valence-electron chi connectivity index (χ4n) is 2.36. The highest BCUT2D eigenvalue weighted by Crippen LogP contribution is 2.22. The molecule has 0 aliphatic rings. The second kappa shape index (κ2) is 8.06. The van der Waals surface area contributed by atoms with Crippen LogP contribution in [0.5, 0.6) is 11.5 Å². The van der Waals surface area contributed by atoms with Crippen molar-refractivity contribution in [2.75, 3.05) is 13.7 Å². The van der Waals surface area contributed by atoms with Gasteiger partial charge in [0.1, 0.15) is 18.1 Å². The summed E-state index contributed by atoms with van der Waals surface area (Å²) in [4.78, 5) is 12.3. The second-order valence-electron chi connectivity index (χ2n) is 7.19. The zero-order valence-electron chi connectivity index (χ0n) is 15.6. The summed E-state index contributed by atoms with van der Waals surface area (Å²) in [6.07, 6.45) is 0. The number of hydrogen-bond acceptors (Lipinski definition) is 3. The molecule has 2 aromatic carbocycles. The lowest BCUT2D eigenvalue weighted by molar-refractivity contribution is 0.0926. The fourth-order valence-corrected chi connectivity index (χ4v) is 2.36. The number of carbonyl (C=O) groups is 1. The first-order chi connectivity index (χ1) is 11.8. The molecule has 1 amide bonds. The van der Waals surface area contributed by atoms with Gasteiger partial charge in [0.2, 0.25) is 0 Å². The molecule has 2 aromatic rings. The van der Waals surface area contributed by atoms with Gasteiger partial charge in [0.05, 0.1) is 13.2 Å². The van der Waals surface area contributed by atoms with E-state index in [1.54, 1.807) is 7.11 Å². The first kappa shape index (κ1) is 18.8. The fraction of sp³-hybridized carbons (Fsp3) is 0.381. The quantitative estimate of drug-likeness (QED) is 0.857. The van der Waals surface area contributed by atoms with Crippen LogP contribution in [-0.2, 0) is 5.41 Å². The molecule has 1 N–H and O–H groups in total. The predicted octanol–water partition coefficient (Wildman–Crippen LogP) is 4.19. The summed E-state index contributed by atoms with van der Waals surface area (Å²) in [5.41, 5.74) is 1.94. The van der Waals surface area contributed by atoms with Crippen LogP contribution in [0.25, 0.3) is 0 Å². The summed E-state index contributed by atoms with van der Waals surface area (Å²) in [6.45, 7) is 8.78. The third-order valence-electron chi connectivity index (χ3n) is 3.95. The summed E-state index contributed by atoms with van der Waals surface area (Å²) >= 11 is 0. The first-order valence-corrected chi connectivity index (χ1v) is 8.48. The highest BCUT2D eigenvalue weighted by atomic mass is 16.5. The zero-order valence-corrected chi connectivity index (χ0v) is 15.6. The topological polar surface area (TPSA) is 47.6 Å². The minimum atomic E-state index is -0.100. The van der Waals surface area contributed by atoms with Crippen molar-refractivity contribution in [3.8, 4) is 11.5 Å². The van der Waals surface area contributed by atoms with Crippen molar-refractivity contribution in [3.63, 3.8) is 0 Å². The summed E-state index contributed by atoms with van der Waals surface area (Å²) in [5, 5.41) is 2.96. The van der Waals surface area contributed by atoms with E-state index < -0.39 is 0 Å². The highest BCUT2D eigenvalue weighted by molar-refractivity contribution is 5.94. The van der Waals surface area contributed by atoms with Crippen molar-refractivity contribution >= 4 is 5.91 Å². The Bertz CT molecular complexity index is 685.